The van der Waals surface area contributed by atoms with E-state index < -0.39 is 46.8 Å². The summed E-state index contributed by atoms with van der Waals surface area (Å²) in [6.45, 7) is 1.62. The van der Waals surface area contributed by atoms with E-state index in [0.717, 1.165) is 28.2 Å². The highest BCUT2D eigenvalue weighted by Crippen LogP contribution is 2.43. The fraction of sp³-hybridized carbons (Fsp3) is 0.211. The van der Waals surface area contributed by atoms with E-state index in [-0.39, 0.29) is 30.0 Å². The van der Waals surface area contributed by atoms with Crippen LogP contribution in [0.2, 0.25) is 0 Å². The number of piperazine rings is 1. The van der Waals surface area contributed by atoms with Crippen molar-refractivity contribution >= 4 is 39.4 Å². The van der Waals surface area contributed by atoms with Crippen molar-refractivity contribution in [3.8, 4) is 22.6 Å². The SMILES string of the molecule is O=C(Oc1c(F)ccc2c1c(-c1ccc(OCc3ccccc3)cc1)c(CN1CCN(c3cccc4[nH]ccc34)CC1)n2OC(=O)C(F)(F)F)C(F)(F)F. The van der Waals surface area contributed by atoms with E-state index in [1.807, 2.05) is 65.7 Å². The summed E-state index contributed by atoms with van der Waals surface area (Å²) in [5.41, 5.74) is 2.19. The first kappa shape index (κ1) is 36.3. The molecule has 16 heteroatoms. The summed E-state index contributed by atoms with van der Waals surface area (Å²) < 4.78 is 108. The first-order valence-corrected chi connectivity index (χ1v) is 16.5. The molecule has 9 nitrogen and oxygen atoms in total. The minimum atomic E-state index is -5.55. The van der Waals surface area contributed by atoms with Crippen LogP contribution < -0.4 is 19.2 Å². The molecule has 1 aliphatic rings. The molecule has 1 N–H and O–H groups in total. The van der Waals surface area contributed by atoms with Gasteiger partial charge in [-0.25, -0.2) is 14.0 Å². The fourth-order valence-electron chi connectivity index (χ4n) is 6.45. The highest BCUT2D eigenvalue weighted by atomic mass is 19.4. The van der Waals surface area contributed by atoms with Crippen molar-refractivity contribution in [1.29, 1.82) is 0 Å². The number of carbonyl (C=O) groups excluding carboxylic acids is 2. The maximum Gasteiger partial charge on any atom is 0.493 e. The van der Waals surface area contributed by atoms with Crippen molar-refractivity contribution < 1.29 is 54.6 Å². The zero-order chi connectivity index (χ0) is 38.2. The van der Waals surface area contributed by atoms with Gasteiger partial charge in [-0.2, -0.15) is 31.1 Å². The fourth-order valence-corrected chi connectivity index (χ4v) is 6.45. The molecule has 0 atom stereocenters. The van der Waals surface area contributed by atoms with Crippen molar-refractivity contribution in [2.45, 2.75) is 25.5 Å². The Morgan fingerprint density at radius 1 is 0.759 bits per heavy atom. The average Bonchev–Trinajstić information content (AvgIpc) is 3.75. The van der Waals surface area contributed by atoms with Gasteiger partial charge in [0, 0.05) is 61.1 Å². The van der Waals surface area contributed by atoms with Crippen LogP contribution in [-0.4, -0.2) is 65.1 Å². The Kier molecular flexibility index (Phi) is 9.70. The van der Waals surface area contributed by atoms with Gasteiger partial charge in [-0.3, -0.25) is 4.90 Å². The van der Waals surface area contributed by atoms with E-state index >= 15 is 4.39 Å². The number of rotatable bonds is 9. The molecule has 4 aromatic carbocycles. The summed E-state index contributed by atoms with van der Waals surface area (Å²) in [6.07, 6.45) is -9.22. The lowest BCUT2D eigenvalue weighted by molar-refractivity contribution is -0.199. The number of anilines is 1. The Balaban J connectivity index is 1.31. The van der Waals surface area contributed by atoms with Crippen molar-refractivity contribution in [3.63, 3.8) is 0 Å². The molecule has 2 aromatic heterocycles. The van der Waals surface area contributed by atoms with E-state index in [1.54, 1.807) is 0 Å². The lowest BCUT2D eigenvalue weighted by Crippen LogP contribution is -2.46. The first-order valence-electron chi connectivity index (χ1n) is 16.5. The van der Waals surface area contributed by atoms with Crippen molar-refractivity contribution in [1.82, 2.24) is 14.6 Å². The molecule has 1 aliphatic heterocycles. The summed E-state index contributed by atoms with van der Waals surface area (Å²) >= 11 is 0. The van der Waals surface area contributed by atoms with Gasteiger partial charge >= 0.3 is 24.3 Å². The predicted molar refractivity (Wildman–Crippen MR) is 183 cm³/mol. The molecule has 0 bridgehead atoms. The number of fused-ring (bicyclic) bond motifs is 2. The van der Waals surface area contributed by atoms with Gasteiger partial charge in [-0.15, -0.1) is 0 Å². The van der Waals surface area contributed by atoms with Gasteiger partial charge in [-0.1, -0.05) is 48.5 Å². The number of alkyl halides is 6. The number of nitrogens with one attached hydrogen (secondary N) is 1. The molecule has 1 saturated heterocycles. The van der Waals surface area contributed by atoms with Crippen LogP contribution in [0.1, 0.15) is 11.3 Å². The van der Waals surface area contributed by atoms with E-state index in [0.29, 0.717) is 42.7 Å². The highest BCUT2D eigenvalue weighted by Gasteiger charge is 2.44. The van der Waals surface area contributed by atoms with Gasteiger partial charge in [0.25, 0.3) is 0 Å². The molecule has 0 saturated carbocycles. The van der Waals surface area contributed by atoms with Gasteiger partial charge < -0.3 is 24.2 Å². The second kappa shape index (κ2) is 14.4. The normalized spacial score (nSPS) is 14.1. The van der Waals surface area contributed by atoms with E-state index in [1.165, 1.54) is 24.3 Å². The van der Waals surface area contributed by atoms with Crippen LogP contribution in [-0.2, 0) is 22.7 Å². The molecule has 1 fully saturated rings. The lowest BCUT2D eigenvalue weighted by Gasteiger charge is -2.36. The smallest absolute Gasteiger partial charge is 0.489 e. The van der Waals surface area contributed by atoms with Crippen LogP contribution in [0.3, 0.4) is 0 Å². The third-order valence-electron chi connectivity index (χ3n) is 8.97. The van der Waals surface area contributed by atoms with Crippen LogP contribution >= 0.6 is 0 Å². The largest absolute Gasteiger partial charge is 0.493 e. The van der Waals surface area contributed by atoms with Crippen LogP contribution in [0.5, 0.6) is 11.5 Å². The Hall–Kier alpha value is -6.03. The number of aromatic nitrogens is 2. The van der Waals surface area contributed by atoms with Crippen LogP contribution in [0.15, 0.2) is 97.2 Å². The molecule has 280 valence electrons. The van der Waals surface area contributed by atoms with Gasteiger partial charge in [0.2, 0.25) is 0 Å². The van der Waals surface area contributed by atoms with Crippen molar-refractivity contribution in [2.24, 2.45) is 0 Å². The molecule has 0 amide bonds. The van der Waals surface area contributed by atoms with E-state index in [2.05, 4.69) is 14.6 Å². The summed E-state index contributed by atoms with van der Waals surface area (Å²) in [6, 6.07) is 24.4. The van der Waals surface area contributed by atoms with E-state index in [9.17, 15) is 35.9 Å². The molecule has 0 aliphatic carbocycles. The molecule has 0 radical (unpaired) electrons. The predicted octanol–water partition coefficient (Wildman–Crippen LogP) is 7.82. The number of nitrogens with zero attached hydrogens (tertiary/aromatic N) is 3. The molecular formula is C38H29F7N4O5. The second-order valence-corrected chi connectivity index (χ2v) is 12.4. The standard InChI is InChI=1S/C38H29F7N4O5/c39-27-13-14-30-33(34(27)53-35(50)37(40,41)42)32(24-9-11-25(12-10-24)52-22-23-5-2-1-3-6-23)31(49(30)54-36(51)38(43,44)45)21-47-17-19-48(20-18-47)29-8-4-7-28-26(29)15-16-46-28/h1-16,46H,17-22H2. The molecule has 3 heterocycles. The van der Waals surface area contributed by atoms with Gasteiger partial charge in [0.15, 0.2) is 11.6 Å². The van der Waals surface area contributed by atoms with E-state index in [4.69, 9.17) is 9.57 Å². The minimum Gasteiger partial charge on any atom is -0.489 e. The van der Waals surface area contributed by atoms with Gasteiger partial charge in [0.05, 0.1) is 16.6 Å². The van der Waals surface area contributed by atoms with Gasteiger partial charge in [0.1, 0.15) is 12.4 Å². The summed E-state index contributed by atoms with van der Waals surface area (Å²) in [5.74, 6) is -7.66. The molecule has 54 heavy (non-hydrogen) atoms. The van der Waals surface area contributed by atoms with Gasteiger partial charge in [-0.05, 0) is 53.6 Å². The topological polar surface area (TPSA) is 89.0 Å². The Labute approximate surface area is 302 Å². The number of halogens is 7. The Bertz CT molecular complexity index is 2310. The average molecular weight is 755 g/mol. The van der Waals surface area contributed by atoms with Crippen LogP contribution in [0.4, 0.5) is 36.4 Å². The first-order chi connectivity index (χ1) is 25.8. The Morgan fingerprint density at radius 3 is 2.15 bits per heavy atom. The van der Waals surface area contributed by atoms with Crippen LogP contribution in [0.25, 0.3) is 32.9 Å². The monoisotopic (exact) mass is 754 g/mol. The number of hydrogen-bond acceptors (Lipinski definition) is 7. The second-order valence-electron chi connectivity index (χ2n) is 12.4. The quantitative estimate of drug-likeness (QED) is 0.0916. The molecule has 7 rings (SSSR count). The summed E-state index contributed by atoms with van der Waals surface area (Å²) in [5, 5.41) is 0.472. The highest BCUT2D eigenvalue weighted by molar-refractivity contribution is 6.04. The number of esters is 1. The number of carbonyl (C=O) groups is 2. The lowest BCUT2D eigenvalue weighted by atomic mass is 10.00. The molecule has 6 aromatic rings. The molecule has 0 spiro atoms. The zero-order valence-corrected chi connectivity index (χ0v) is 28.0. The number of aromatic amines is 1. The number of benzene rings is 4. The van der Waals surface area contributed by atoms with Crippen LogP contribution in [0, 0.1) is 5.82 Å². The minimum absolute atomic E-state index is 0.126. The van der Waals surface area contributed by atoms with Crippen molar-refractivity contribution in [3.05, 3.63) is 114 Å². The number of H-pyrrole nitrogens is 1. The maximum absolute atomic E-state index is 15.5. The molecular weight excluding hydrogens is 725 g/mol. The third-order valence-corrected chi connectivity index (χ3v) is 8.97. The third kappa shape index (κ3) is 7.42. The summed E-state index contributed by atoms with van der Waals surface area (Å²) in [4.78, 5) is 36.4. The number of hydrogen-bond donors (Lipinski definition) is 1. The zero-order valence-electron chi connectivity index (χ0n) is 28.0. The number of ether oxygens (including phenoxy) is 2. The molecule has 0 unspecified atom stereocenters. The maximum atomic E-state index is 15.5. The van der Waals surface area contributed by atoms with Crippen molar-refractivity contribution in [2.75, 3.05) is 31.1 Å². The summed E-state index contributed by atoms with van der Waals surface area (Å²) in [7, 11) is 0. The Morgan fingerprint density at radius 2 is 1.46 bits per heavy atom.